The second-order valence-corrected chi connectivity index (χ2v) is 8.55. The summed E-state index contributed by atoms with van der Waals surface area (Å²) in [6.45, 7) is 2.05. The molecule has 0 radical (unpaired) electrons. The van der Waals surface area contributed by atoms with E-state index in [0.717, 1.165) is 5.56 Å². The van der Waals surface area contributed by atoms with Crippen LogP contribution in [0.4, 0.5) is 10.8 Å². The Bertz CT molecular complexity index is 1020. The minimum absolute atomic E-state index is 0.113. The van der Waals surface area contributed by atoms with Gasteiger partial charge in [0.1, 0.15) is 12.4 Å². The van der Waals surface area contributed by atoms with E-state index in [2.05, 4.69) is 14.9 Å². The number of nitrogens with zero attached hydrogens (tertiary/aromatic N) is 2. The van der Waals surface area contributed by atoms with Crippen LogP contribution in [0.1, 0.15) is 10.6 Å². The van der Waals surface area contributed by atoms with Crippen LogP contribution in [-0.2, 0) is 16.6 Å². The van der Waals surface area contributed by atoms with Crippen molar-refractivity contribution in [3.63, 3.8) is 0 Å². The SMILES string of the molecule is Cc1ccc(NS(=O)(=O)c2ccc(OCc3nnc(N)s3)cc2)cc1Cl. The summed E-state index contributed by atoms with van der Waals surface area (Å²) in [5.41, 5.74) is 6.77. The number of nitrogens with two attached hydrogens (primary N) is 1. The van der Waals surface area contributed by atoms with Crippen LogP contribution < -0.4 is 15.2 Å². The highest BCUT2D eigenvalue weighted by Gasteiger charge is 2.15. The molecule has 0 aliphatic carbocycles. The van der Waals surface area contributed by atoms with Crippen LogP contribution in [0.5, 0.6) is 5.75 Å². The average molecular weight is 411 g/mol. The van der Waals surface area contributed by atoms with E-state index in [1.165, 1.54) is 23.5 Å². The highest BCUT2D eigenvalue weighted by atomic mass is 35.5. The monoisotopic (exact) mass is 410 g/mol. The minimum Gasteiger partial charge on any atom is -0.486 e. The van der Waals surface area contributed by atoms with Crippen molar-refractivity contribution < 1.29 is 13.2 Å². The fourth-order valence-electron chi connectivity index (χ4n) is 2.06. The van der Waals surface area contributed by atoms with Crippen LogP contribution in [0, 0.1) is 6.92 Å². The van der Waals surface area contributed by atoms with Gasteiger partial charge in [-0.05, 0) is 48.9 Å². The number of hydrogen-bond donors (Lipinski definition) is 2. The first-order valence-electron chi connectivity index (χ1n) is 7.43. The largest absolute Gasteiger partial charge is 0.486 e. The molecule has 1 heterocycles. The quantitative estimate of drug-likeness (QED) is 0.644. The molecule has 0 unspecified atom stereocenters. The third kappa shape index (κ3) is 4.43. The van der Waals surface area contributed by atoms with Crippen molar-refractivity contribution in [2.45, 2.75) is 18.4 Å². The van der Waals surface area contributed by atoms with Crippen molar-refractivity contribution in [1.82, 2.24) is 10.2 Å². The molecule has 0 aliphatic heterocycles. The van der Waals surface area contributed by atoms with Crippen LogP contribution in [0.25, 0.3) is 0 Å². The van der Waals surface area contributed by atoms with Gasteiger partial charge in [-0.15, -0.1) is 10.2 Å². The Morgan fingerprint density at radius 1 is 1.19 bits per heavy atom. The number of halogens is 1. The van der Waals surface area contributed by atoms with Gasteiger partial charge in [0.25, 0.3) is 10.0 Å². The van der Waals surface area contributed by atoms with Crippen molar-refractivity contribution in [2.24, 2.45) is 0 Å². The fourth-order valence-corrected chi connectivity index (χ4v) is 3.81. The molecule has 2 aromatic carbocycles. The van der Waals surface area contributed by atoms with E-state index in [1.54, 1.807) is 30.3 Å². The van der Waals surface area contributed by atoms with Gasteiger partial charge in [-0.3, -0.25) is 4.72 Å². The molecule has 0 amide bonds. The predicted octanol–water partition coefficient (Wildman–Crippen LogP) is 3.46. The molecule has 3 N–H and O–H groups in total. The summed E-state index contributed by atoms with van der Waals surface area (Å²) in [7, 11) is -3.72. The summed E-state index contributed by atoms with van der Waals surface area (Å²) < 4.78 is 33.0. The van der Waals surface area contributed by atoms with Gasteiger partial charge < -0.3 is 10.5 Å². The Kier molecular flexibility index (Phi) is 5.30. The first-order chi connectivity index (χ1) is 12.3. The second-order valence-electron chi connectivity index (χ2n) is 5.36. The molecular weight excluding hydrogens is 396 g/mol. The molecule has 136 valence electrons. The third-order valence-corrected chi connectivity index (χ3v) is 5.93. The molecule has 10 heteroatoms. The first-order valence-corrected chi connectivity index (χ1v) is 10.1. The minimum atomic E-state index is -3.72. The third-order valence-electron chi connectivity index (χ3n) is 3.40. The topological polar surface area (TPSA) is 107 Å². The van der Waals surface area contributed by atoms with Crippen LogP contribution >= 0.6 is 22.9 Å². The van der Waals surface area contributed by atoms with E-state index in [9.17, 15) is 8.42 Å². The summed E-state index contributed by atoms with van der Waals surface area (Å²) in [5.74, 6) is 0.510. The van der Waals surface area contributed by atoms with E-state index in [4.69, 9.17) is 22.1 Å². The Morgan fingerprint density at radius 2 is 1.92 bits per heavy atom. The van der Waals surface area contributed by atoms with E-state index in [1.807, 2.05) is 6.92 Å². The number of anilines is 2. The van der Waals surface area contributed by atoms with E-state index >= 15 is 0 Å². The second kappa shape index (κ2) is 7.48. The maximum Gasteiger partial charge on any atom is 0.261 e. The Labute approximate surface area is 159 Å². The number of nitrogens with one attached hydrogen (secondary N) is 1. The lowest BCUT2D eigenvalue weighted by molar-refractivity contribution is 0.304. The van der Waals surface area contributed by atoms with E-state index < -0.39 is 10.0 Å². The number of rotatable bonds is 6. The fraction of sp³-hybridized carbons (Fsp3) is 0.125. The highest BCUT2D eigenvalue weighted by Crippen LogP contribution is 2.24. The average Bonchev–Trinajstić information content (AvgIpc) is 3.02. The van der Waals surface area contributed by atoms with Crippen LogP contribution in [0.15, 0.2) is 47.4 Å². The van der Waals surface area contributed by atoms with Crippen molar-refractivity contribution in [3.05, 3.63) is 58.1 Å². The van der Waals surface area contributed by atoms with Gasteiger partial charge in [-0.25, -0.2) is 8.42 Å². The van der Waals surface area contributed by atoms with Gasteiger partial charge in [-0.2, -0.15) is 0 Å². The Hall–Kier alpha value is -2.36. The van der Waals surface area contributed by atoms with Crippen molar-refractivity contribution in [2.75, 3.05) is 10.5 Å². The summed E-state index contributed by atoms with van der Waals surface area (Å²) in [6, 6.07) is 11.0. The first kappa shape index (κ1) is 18.4. The summed E-state index contributed by atoms with van der Waals surface area (Å²) in [6.07, 6.45) is 0. The van der Waals surface area contributed by atoms with Gasteiger partial charge in [0.2, 0.25) is 5.13 Å². The molecule has 3 rings (SSSR count). The number of benzene rings is 2. The summed E-state index contributed by atoms with van der Waals surface area (Å²) >= 11 is 7.26. The number of ether oxygens (including phenoxy) is 1. The highest BCUT2D eigenvalue weighted by molar-refractivity contribution is 7.92. The Morgan fingerprint density at radius 3 is 2.54 bits per heavy atom. The number of aromatic nitrogens is 2. The standard InChI is InChI=1S/C16H15ClN4O3S2/c1-10-2-3-11(8-14(10)17)21-26(22,23)13-6-4-12(5-7-13)24-9-15-19-20-16(18)25-15/h2-8,21H,9H2,1H3,(H2,18,20). The lowest BCUT2D eigenvalue weighted by Gasteiger charge is -2.10. The maximum atomic E-state index is 12.5. The van der Waals surface area contributed by atoms with Gasteiger partial charge in [0.15, 0.2) is 5.01 Å². The van der Waals surface area contributed by atoms with E-state index in [0.29, 0.717) is 26.6 Å². The molecule has 7 nitrogen and oxygen atoms in total. The lowest BCUT2D eigenvalue weighted by atomic mass is 10.2. The number of aryl methyl sites for hydroxylation is 1. The number of nitrogen functional groups attached to an aromatic ring is 1. The summed E-state index contributed by atoms with van der Waals surface area (Å²) in [5, 5.41) is 9.04. The number of sulfonamides is 1. The zero-order chi connectivity index (χ0) is 18.7. The molecule has 26 heavy (non-hydrogen) atoms. The molecular formula is C16H15ClN4O3S2. The van der Waals surface area contributed by atoms with Gasteiger partial charge in [0.05, 0.1) is 10.6 Å². The zero-order valence-electron chi connectivity index (χ0n) is 13.6. The molecule has 0 fully saturated rings. The van der Waals surface area contributed by atoms with Crippen molar-refractivity contribution in [3.8, 4) is 5.75 Å². The van der Waals surface area contributed by atoms with Gasteiger partial charge >= 0.3 is 0 Å². The molecule has 0 saturated heterocycles. The van der Waals surface area contributed by atoms with Crippen LogP contribution in [-0.4, -0.2) is 18.6 Å². The molecule has 0 bridgehead atoms. The summed E-state index contributed by atoms with van der Waals surface area (Å²) in [4.78, 5) is 0.113. The smallest absolute Gasteiger partial charge is 0.261 e. The van der Waals surface area contributed by atoms with Crippen LogP contribution in [0.3, 0.4) is 0 Å². The molecule has 0 spiro atoms. The number of hydrogen-bond acceptors (Lipinski definition) is 7. The van der Waals surface area contributed by atoms with Crippen molar-refractivity contribution >= 4 is 43.8 Å². The molecule has 0 atom stereocenters. The zero-order valence-corrected chi connectivity index (χ0v) is 16.0. The lowest BCUT2D eigenvalue weighted by Crippen LogP contribution is -2.12. The predicted molar refractivity (Wildman–Crippen MR) is 102 cm³/mol. The molecule has 1 aromatic heterocycles. The van der Waals surface area contributed by atoms with Gasteiger partial charge in [0, 0.05) is 5.02 Å². The maximum absolute atomic E-state index is 12.5. The Balaban J connectivity index is 1.69. The van der Waals surface area contributed by atoms with Gasteiger partial charge in [-0.1, -0.05) is 29.0 Å². The van der Waals surface area contributed by atoms with E-state index in [-0.39, 0.29) is 11.5 Å². The molecule has 3 aromatic rings. The molecule has 0 saturated carbocycles. The normalized spacial score (nSPS) is 11.3. The molecule has 0 aliphatic rings. The van der Waals surface area contributed by atoms with Crippen LogP contribution in [0.2, 0.25) is 5.02 Å². The van der Waals surface area contributed by atoms with Crippen molar-refractivity contribution in [1.29, 1.82) is 0 Å².